The lowest BCUT2D eigenvalue weighted by atomic mass is 10.2. The normalized spacial score (nSPS) is 12.8. The first-order valence-corrected chi connectivity index (χ1v) is 7.53. The van der Waals surface area contributed by atoms with Gasteiger partial charge in [0.15, 0.2) is 5.82 Å². The number of hydrogen-bond acceptors (Lipinski definition) is 4. The van der Waals surface area contributed by atoms with E-state index in [1.807, 2.05) is 41.5 Å². The largest absolute Gasteiger partial charge is 0.365 e. The maximum atomic E-state index is 4.42. The smallest absolute Gasteiger partial charge is 0.154 e. The Labute approximate surface area is 122 Å². The molecule has 20 heavy (non-hydrogen) atoms. The van der Waals surface area contributed by atoms with E-state index in [4.69, 9.17) is 0 Å². The molecule has 1 N–H and O–H groups in total. The van der Waals surface area contributed by atoms with Gasteiger partial charge in [0.25, 0.3) is 0 Å². The highest BCUT2D eigenvalue weighted by molar-refractivity contribution is 7.11. The Kier molecular flexibility index (Phi) is 3.44. The number of pyridine rings is 1. The third-order valence-corrected chi connectivity index (χ3v) is 4.35. The minimum atomic E-state index is 0.327. The molecule has 0 aliphatic carbocycles. The highest BCUT2D eigenvalue weighted by Crippen LogP contribution is 2.21. The molecule has 3 aromatic rings. The second kappa shape index (κ2) is 5.25. The lowest BCUT2D eigenvalue weighted by molar-refractivity contribution is 0.796. The zero-order valence-corrected chi connectivity index (χ0v) is 12.7. The fourth-order valence-electron chi connectivity index (χ4n) is 2.35. The van der Waals surface area contributed by atoms with Crippen molar-refractivity contribution in [1.29, 1.82) is 0 Å². The number of aryl methyl sites for hydroxylation is 2. The molecule has 0 aliphatic rings. The van der Waals surface area contributed by atoms with Gasteiger partial charge in [-0.3, -0.25) is 0 Å². The van der Waals surface area contributed by atoms with Crippen molar-refractivity contribution in [3.63, 3.8) is 0 Å². The highest BCUT2D eigenvalue weighted by Gasteiger charge is 2.11. The standard InChI is InChI=1S/C15H18N4S/c1-10(8-12-5-4-11(2)20-12)18-15-14-13(6-7-16-15)19(3)9-17-14/h4-7,9-10H,8H2,1-3H3,(H,16,18). The summed E-state index contributed by atoms with van der Waals surface area (Å²) in [6.07, 6.45) is 4.66. The predicted octanol–water partition coefficient (Wildman–Crippen LogP) is 3.38. The van der Waals surface area contributed by atoms with Crippen molar-refractivity contribution < 1.29 is 0 Å². The summed E-state index contributed by atoms with van der Waals surface area (Å²) in [5.41, 5.74) is 2.03. The van der Waals surface area contributed by atoms with Crippen LogP contribution in [0, 0.1) is 6.92 Å². The third-order valence-electron chi connectivity index (χ3n) is 3.33. The number of nitrogens with zero attached hydrogens (tertiary/aromatic N) is 3. The van der Waals surface area contributed by atoms with Crippen molar-refractivity contribution >= 4 is 28.2 Å². The Balaban J connectivity index is 1.78. The average molecular weight is 286 g/mol. The van der Waals surface area contributed by atoms with Gasteiger partial charge in [0.1, 0.15) is 5.52 Å². The number of anilines is 1. The molecule has 1 unspecified atom stereocenters. The minimum absolute atomic E-state index is 0.327. The number of aromatic nitrogens is 3. The predicted molar refractivity (Wildman–Crippen MR) is 84.4 cm³/mol. The summed E-state index contributed by atoms with van der Waals surface area (Å²) < 4.78 is 2.01. The summed E-state index contributed by atoms with van der Waals surface area (Å²) in [5.74, 6) is 0.865. The molecule has 0 aliphatic heterocycles. The lowest BCUT2D eigenvalue weighted by Gasteiger charge is -2.13. The monoisotopic (exact) mass is 286 g/mol. The van der Waals surface area contributed by atoms with Crippen LogP contribution in [0.3, 0.4) is 0 Å². The topological polar surface area (TPSA) is 42.7 Å². The number of fused-ring (bicyclic) bond motifs is 1. The van der Waals surface area contributed by atoms with E-state index in [2.05, 4.69) is 41.3 Å². The molecule has 5 heteroatoms. The number of nitrogens with one attached hydrogen (secondary N) is 1. The molecule has 0 bridgehead atoms. The van der Waals surface area contributed by atoms with Crippen molar-refractivity contribution in [3.8, 4) is 0 Å². The second-order valence-electron chi connectivity index (χ2n) is 5.14. The Bertz CT molecular complexity index is 728. The van der Waals surface area contributed by atoms with Crippen molar-refractivity contribution in [1.82, 2.24) is 14.5 Å². The Morgan fingerprint density at radius 3 is 2.90 bits per heavy atom. The van der Waals surface area contributed by atoms with Crippen LogP contribution in [0.4, 0.5) is 5.82 Å². The summed E-state index contributed by atoms with van der Waals surface area (Å²) in [6, 6.07) is 6.69. The Morgan fingerprint density at radius 2 is 2.15 bits per heavy atom. The molecule has 0 aromatic carbocycles. The molecule has 3 aromatic heterocycles. The molecule has 0 saturated heterocycles. The first-order valence-electron chi connectivity index (χ1n) is 6.71. The zero-order chi connectivity index (χ0) is 14.1. The van der Waals surface area contributed by atoms with E-state index in [0.717, 1.165) is 23.3 Å². The van der Waals surface area contributed by atoms with Crippen LogP contribution in [-0.2, 0) is 13.5 Å². The molecular formula is C15H18N4S. The molecule has 1 atom stereocenters. The summed E-state index contributed by atoms with van der Waals surface area (Å²) in [7, 11) is 2.00. The fourth-order valence-corrected chi connectivity index (χ4v) is 3.37. The van der Waals surface area contributed by atoms with Crippen molar-refractivity contribution in [2.75, 3.05) is 5.32 Å². The van der Waals surface area contributed by atoms with Gasteiger partial charge < -0.3 is 9.88 Å². The van der Waals surface area contributed by atoms with Gasteiger partial charge in [-0.25, -0.2) is 9.97 Å². The molecule has 0 radical (unpaired) electrons. The first-order chi connectivity index (χ1) is 9.63. The molecule has 0 fully saturated rings. The van der Waals surface area contributed by atoms with Crippen LogP contribution < -0.4 is 5.32 Å². The van der Waals surface area contributed by atoms with E-state index in [1.165, 1.54) is 9.75 Å². The van der Waals surface area contributed by atoms with E-state index in [9.17, 15) is 0 Å². The second-order valence-corrected chi connectivity index (χ2v) is 6.52. The maximum absolute atomic E-state index is 4.42. The molecular weight excluding hydrogens is 268 g/mol. The average Bonchev–Trinajstić information content (AvgIpc) is 2.98. The van der Waals surface area contributed by atoms with Gasteiger partial charge in [0, 0.05) is 35.5 Å². The van der Waals surface area contributed by atoms with Crippen molar-refractivity contribution in [3.05, 3.63) is 40.5 Å². The summed E-state index contributed by atoms with van der Waals surface area (Å²) in [5, 5.41) is 3.48. The van der Waals surface area contributed by atoms with Gasteiger partial charge in [-0.05, 0) is 32.0 Å². The number of imidazole rings is 1. The molecule has 4 nitrogen and oxygen atoms in total. The van der Waals surface area contributed by atoms with Gasteiger partial charge in [0.05, 0.1) is 11.8 Å². The Hall–Kier alpha value is -1.88. The third kappa shape index (κ3) is 2.54. The minimum Gasteiger partial charge on any atom is -0.365 e. The quantitative estimate of drug-likeness (QED) is 0.799. The Morgan fingerprint density at radius 1 is 1.30 bits per heavy atom. The van der Waals surface area contributed by atoms with Gasteiger partial charge in [0.2, 0.25) is 0 Å². The van der Waals surface area contributed by atoms with Crippen LogP contribution >= 0.6 is 11.3 Å². The summed E-state index contributed by atoms with van der Waals surface area (Å²) in [4.78, 5) is 11.6. The van der Waals surface area contributed by atoms with Crippen molar-refractivity contribution in [2.45, 2.75) is 26.3 Å². The van der Waals surface area contributed by atoms with Gasteiger partial charge in [-0.2, -0.15) is 0 Å². The van der Waals surface area contributed by atoms with Crippen LogP contribution in [0.25, 0.3) is 11.0 Å². The van der Waals surface area contributed by atoms with Crippen molar-refractivity contribution in [2.24, 2.45) is 7.05 Å². The summed E-state index contributed by atoms with van der Waals surface area (Å²) in [6.45, 7) is 4.32. The molecule has 0 saturated carbocycles. The van der Waals surface area contributed by atoms with E-state index in [-0.39, 0.29) is 0 Å². The van der Waals surface area contributed by atoms with Crippen LogP contribution in [0.15, 0.2) is 30.7 Å². The van der Waals surface area contributed by atoms with E-state index < -0.39 is 0 Å². The van der Waals surface area contributed by atoms with Crippen LogP contribution in [0.2, 0.25) is 0 Å². The molecule has 3 rings (SSSR count). The first kappa shape index (κ1) is 13.1. The summed E-state index contributed by atoms with van der Waals surface area (Å²) >= 11 is 1.85. The molecule has 0 amide bonds. The van der Waals surface area contributed by atoms with Gasteiger partial charge >= 0.3 is 0 Å². The van der Waals surface area contributed by atoms with Crippen LogP contribution in [0.5, 0.6) is 0 Å². The number of rotatable bonds is 4. The van der Waals surface area contributed by atoms with Crippen LogP contribution in [0.1, 0.15) is 16.7 Å². The number of thiophene rings is 1. The SMILES string of the molecule is Cc1ccc(CC(C)Nc2nccc3c2ncn3C)s1. The zero-order valence-electron chi connectivity index (χ0n) is 11.9. The van der Waals surface area contributed by atoms with E-state index >= 15 is 0 Å². The molecule has 3 heterocycles. The highest BCUT2D eigenvalue weighted by atomic mass is 32.1. The fraction of sp³-hybridized carbons (Fsp3) is 0.333. The van der Waals surface area contributed by atoms with E-state index in [0.29, 0.717) is 6.04 Å². The van der Waals surface area contributed by atoms with Crippen LogP contribution in [-0.4, -0.2) is 20.6 Å². The lowest BCUT2D eigenvalue weighted by Crippen LogP contribution is -2.18. The number of hydrogen-bond donors (Lipinski definition) is 1. The van der Waals surface area contributed by atoms with Gasteiger partial charge in [-0.15, -0.1) is 11.3 Å². The maximum Gasteiger partial charge on any atom is 0.154 e. The van der Waals surface area contributed by atoms with E-state index in [1.54, 1.807) is 0 Å². The molecule has 104 valence electrons. The molecule has 0 spiro atoms. The van der Waals surface area contributed by atoms with Gasteiger partial charge in [-0.1, -0.05) is 0 Å².